The summed E-state index contributed by atoms with van der Waals surface area (Å²) in [5.74, 6) is 4.45. The fourth-order valence-electron chi connectivity index (χ4n) is 4.95. The standard InChI is InChI=1S/C18H18O2/c1-19-17-13-9-3-5-11(7-9)15(13)18(20-2)16-12-6-4-10(8-12)14(16)17/h3-6,9-12H,7-8H2,1-2H3/t9-,10+,11+,12-. The van der Waals surface area contributed by atoms with Crippen LogP contribution < -0.4 is 9.47 Å². The summed E-state index contributed by atoms with van der Waals surface area (Å²) >= 11 is 0. The number of allylic oxidation sites excluding steroid dienone is 4. The van der Waals surface area contributed by atoms with E-state index in [2.05, 4.69) is 24.3 Å². The van der Waals surface area contributed by atoms with E-state index in [9.17, 15) is 0 Å². The van der Waals surface area contributed by atoms with E-state index in [1.54, 1.807) is 0 Å². The third kappa shape index (κ3) is 1.05. The maximum absolute atomic E-state index is 5.88. The van der Waals surface area contributed by atoms with Gasteiger partial charge in [0.2, 0.25) is 0 Å². The smallest absolute Gasteiger partial charge is 0.127 e. The molecule has 0 aromatic heterocycles. The summed E-state index contributed by atoms with van der Waals surface area (Å²) in [6.45, 7) is 0. The fourth-order valence-corrected chi connectivity index (χ4v) is 4.95. The first-order valence-electron chi connectivity index (χ1n) is 7.51. The molecular formula is C18H18O2. The lowest BCUT2D eigenvalue weighted by Gasteiger charge is -2.25. The molecule has 0 N–H and O–H groups in total. The summed E-state index contributed by atoms with van der Waals surface area (Å²) in [4.78, 5) is 0. The fraction of sp³-hybridized carbons (Fsp3) is 0.444. The van der Waals surface area contributed by atoms with Crippen LogP contribution in [0.15, 0.2) is 24.3 Å². The molecule has 0 saturated heterocycles. The SMILES string of the molecule is COc1c2c(c(OC)c3c1[C@H]1C=C[C@@H]3C1)[C@H]1C=C[C@@H]2C1. The van der Waals surface area contributed by atoms with Crippen LogP contribution in [0.3, 0.4) is 0 Å². The van der Waals surface area contributed by atoms with Gasteiger partial charge in [0.15, 0.2) is 0 Å². The molecule has 0 aliphatic heterocycles. The van der Waals surface area contributed by atoms with Gasteiger partial charge in [0.1, 0.15) is 11.5 Å². The minimum Gasteiger partial charge on any atom is -0.496 e. The number of benzene rings is 1. The molecule has 4 atom stereocenters. The predicted molar refractivity (Wildman–Crippen MR) is 78.0 cm³/mol. The highest BCUT2D eigenvalue weighted by molar-refractivity contribution is 5.71. The Morgan fingerprint density at radius 2 is 0.950 bits per heavy atom. The average Bonchev–Trinajstić information content (AvgIpc) is 3.23. The van der Waals surface area contributed by atoms with Crippen LogP contribution >= 0.6 is 0 Å². The second kappa shape index (κ2) is 3.49. The second-order valence-corrected chi connectivity index (χ2v) is 6.39. The van der Waals surface area contributed by atoms with Gasteiger partial charge in [-0.15, -0.1) is 0 Å². The van der Waals surface area contributed by atoms with E-state index in [4.69, 9.17) is 9.47 Å². The van der Waals surface area contributed by atoms with Crippen molar-refractivity contribution in [1.82, 2.24) is 0 Å². The van der Waals surface area contributed by atoms with Gasteiger partial charge in [-0.1, -0.05) is 24.3 Å². The van der Waals surface area contributed by atoms with E-state index in [0.717, 1.165) is 11.5 Å². The molecule has 5 rings (SSSR count). The molecule has 0 saturated carbocycles. The Bertz CT molecular complexity index is 575. The number of ether oxygens (including phenoxy) is 2. The van der Waals surface area contributed by atoms with Gasteiger partial charge in [-0.3, -0.25) is 0 Å². The highest BCUT2D eigenvalue weighted by Gasteiger charge is 2.46. The maximum atomic E-state index is 5.88. The second-order valence-electron chi connectivity index (χ2n) is 6.39. The van der Waals surface area contributed by atoms with Gasteiger partial charge in [-0.2, -0.15) is 0 Å². The predicted octanol–water partition coefficient (Wildman–Crippen LogP) is 3.99. The number of rotatable bonds is 2. The van der Waals surface area contributed by atoms with Gasteiger partial charge < -0.3 is 9.47 Å². The first-order chi connectivity index (χ1) is 9.83. The first-order valence-corrected chi connectivity index (χ1v) is 7.51. The van der Waals surface area contributed by atoms with Crippen LogP contribution in [0.2, 0.25) is 0 Å². The Labute approximate surface area is 119 Å². The summed E-state index contributed by atoms with van der Waals surface area (Å²) in [7, 11) is 3.65. The van der Waals surface area contributed by atoms with Crippen LogP contribution in [0.1, 0.15) is 58.8 Å². The lowest BCUT2D eigenvalue weighted by molar-refractivity contribution is 0.389. The Kier molecular flexibility index (Phi) is 1.92. The van der Waals surface area contributed by atoms with Crippen LogP contribution in [-0.4, -0.2) is 14.2 Å². The summed E-state index contributed by atoms with van der Waals surface area (Å²) in [6.07, 6.45) is 11.8. The molecule has 0 spiro atoms. The molecule has 0 fully saturated rings. The number of hydrogen-bond acceptors (Lipinski definition) is 2. The molecule has 102 valence electrons. The Morgan fingerprint density at radius 3 is 1.20 bits per heavy atom. The lowest BCUT2D eigenvalue weighted by Crippen LogP contribution is -2.08. The number of fused-ring (bicyclic) bond motifs is 10. The van der Waals surface area contributed by atoms with Gasteiger partial charge in [0.05, 0.1) is 14.2 Å². The molecule has 4 aliphatic carbocycles. The van der Waals surface area contributed by atoms with Crippen molar-refractivity contribution >= 4 is 0 Å². The zero-order valence-electron chi connectivity index (χ0n) is 11.8. The van der Waals surface area contributed by atoms with E-state index < -0.39 is 0 Å². The topological polar surface area (TPSA) is 18.5 Å². The summed E-state index contributed by atoms with van der Waals surface area (Å²) in [5, 5.41) is 0. The largest absolute Gasteiger partial charge is 0.496 e. The van der Waals surface area contributed by atoms with Crippen LogP contribution in [-0.2, 0) is 0 Å². The highest BCUT2D eigenvalue weighted by atomic mass is 16.5. The van der Waals surface area contributed by atoms with E-state index in [1.807, 2.05) is 14.2 Å². The molecule has 0 radical (unpaired) electrons. The number of methoxy groups -OCH3 is 2. The maximum Gasteiger partial charge on any atom is 0.127 e. The van der Waals surface area contributed by atoms with Gasteiger partial charge in [0.25, 0.3) is 0 Å². The van der Waals surface area contributed by atoms with Crippen molar-refractivity contribution in [3.63, 3.8) is 0 Å². The van der Waals surface area contributed by atoms with Crippen LogP contribution in [0.25, 0.3) is 0 Å². The molecule has 2 heteroatoms. The molecule has 4 aliphatic rings. The van der Waals surface area contributed by atoms with Crippen molar-refractivity contribution in [2.45, 2.75) is 36.5 Å². The van der Waals surface area contributed by atoms with Crippen molar-refractivity contribution in [3.05, 3.63) is 46.6 Å². The van der Waals surface area contributed by atoms with Crippen molar-refractivity contribution in [1.29, 1.82) is 0 Å². The zero-order valence-corrected chi connectivity index (χ0v) is 11.8. The molecule has 0 amide bonds. The van der Waals surface area contributed by atoms with E-state index >= 15 is 0 Å². The highest BCUT2D eigenvalue weighted by Crippen LogP contribution is 2.64. The minimum absolute atomic E-state index is 0.534. The lowest BCUT2D eigenvalue weighted by atomic mass is 9.85. The summed E-state index contributed by atoms with van der Waals surface area (Å²) in [5.41, 5.74) is 5.65. The van der Waals surface area contributed by atoms with Gasteiger partial charge in [0, 0.05) is 45.9 Å². The van der Waals surface area contributed by atoms with E-state index in [0.29, 0.717) is 23.7 Å². The molecule has 2 nitrogen and oxygen atoms in total. The zero-order chi connectivity index (χ0) is 13.4. The molecular weight excluding hydrogens is 248 g/mol. The number of hydrogen-bond donors (Lipinski definition) is 0. The molecule has 4 bridgehead atoms. The van der Waals surface area contributed by atoms with E-state index in [1.165, 1.54) is 35.1 Å². The monoisotopic (exact) mass is 266 g/mol. The average molecular weight is 266 g/mol. The van der Waals surface area contributed by atoms with Crippen molar-refractivity contribution in [2.75, 3.05) is 14.2 Å². The molecule has 20 heavy (non-hydrogen) atoms. The Morgan fingerprint density at radius 1 is 0.650 bits per heavy atom. The molecule has 1 aromatic carbocycles. The molecule has 0 unspecified atom stereocenters. The summed E-state index contributed by atoms with van der Waals surface area (Å²) in [6, 6.07) is 0. The third-order valence-corrected chi connectivity index (χ3v) is 5.62. The van der Waals surface area contributed by atoms with Gasteiger partial charge >= 0.3 is 0 Å². The van der Waals surface area contributed by atoms with Crippen LogP contribution in [0.5, 0.6) is 11.5 Å². The van der Waals surface area contributed by atoms with Crippen molar-refractivity contribution in [2.24, 2.45) is 0 Å². The molecule has 1 aromatic rings. The third-order valence-electron chi connectivity index (χ3n) is 5.62. The van der Waals surface area contributed by atoms with Gasteiger partial charge in [-0.05, 0) is 12.8 Å². The van der Waals surface area contributed by atoms with Crippen LogP contribution in [0.4, 0.5) is 0 Å². The quantitative estimate of drug-likeness (QED) is 0.754. The van der Waals surface area contributed by atoms with Crippen molar-refractivity contribution < 1.29 is 9.47 Å². The minimum atomic E-state index is 0.534. The van der Waals surface area contributed by atoms with Crippen LogP contribution in [0, 0.1) is 0 Å². The van der Waals surface area contributed by atoms with E-state index in [-0.39, 0.29) is 0 Å². The molecule has 0 heterocycles. The normalized spacial score (nSPS) is 33.7. The summed E-state index contributed by atoms with van der Waals surface area (Å²) < 4.78 is 11.8. The van der Waals surface area contributed by atoms with Gasteiger partial charge in [-0.25, -0.2) is 0 Å². The van der Waals surface area contributed by atoms with Crippen molar-refractivity contribution in [3.8, 4) is 11.5 Å². The Balaban J connectivity index is 1.89. The Hall–Kier alpha value is -1.70. The first kappa shape index (κ1) is 11.0.